The van der Waals surface area contributed by atoms with Crippen LogP contribution in [0.25, 0.3) is 17.3 Å². The van der Waals surface area contributed by atoms with E-state index in [2.05, 4.69) is 20.8 Å². The molecule has 0 spiro atoms. The minimum absolute atomic E-state index is 0.0842. The second-order valence-corrected chi connectivity index (χ2v) is 8.43. The Bertz CT molecular complexity index is 1250. The van der Waals surface area contributed by atoms with Crippen molar-refractivity contribution in [3.8, 4) is 11.3 Å². The number of anilines is 2. The lowest BCUT2D eigenvalue weighted by Crippen LogP contribution is -2.14. The van der Waals surface area contributed by atoms with Crippen molar-refractivity contribution in [1.82, 2.24) is 4.98 Å². The van der Waals surface area contributed by atoms with Gasteiger partial charge in [-0.25, -0.2) is 4.98 Å². The molecule has 0 radical (unpaired) electrons. The van der Waals surface area contributed by atoms with Gasteiger partial charge in [0.15, 0.2) is 0 Å². The van der Waals surface area contributed by atoms with Crippen LogP contribution in [0.5, 0.6) is 0 Å². The van der Waals surface area contributed by atoms with Gasteiger partial charge in [-0.15, -0.1) is 0 Å². The predicted molar refractivity (Wildman–Crippen MR) is 139 cm³/mol. The molecule has 6 heteroatoms. The van der Waals surface area contributed by atoms with E-state index in [1.54, 1.807) is 6.21 Å². The van der Waals surface area contributed by atoms with E-state index in [4.69, 9.17) is 0 Å². The summed E-state index contributed by atoms with van der Waals surface area (Å²) in [5, 5.41) is 8.56. The average Bonchev–Trinajstić information content (AvgIpc) is 3.23. The summed E-state index contributed by atoms with van der Waals surface area (Å²) < 4.78 is 0. The van der Waals surface area contributed by atoms with Gasteiger partial charge < -0.3 is 5.32 Å². The molecule has 4 rings (SSSR count). The largest absolute Gasteiger partial charge is 0.316 e. The maximum Gasteiger partial charge on any atom is 0.229 e. The van der Waals surface area contributed by atoms with E-state index >= 15 is 0 Å². The number of hydrogen-bond donors (Lipinski definition) is 2. The minimum atomic E-state index is -0.0842. The van der Waals surface area contributed by atoms with E-state index < -0.39 is 0 Å². The van der Waals surface area contributed by atoms with Crippen LogP contribution in [0.2, 0.25) is 0 Å². The van der Waals surface area contributed by atoms with E-state index in [0.29, 0.717) is 16.6 Å². The molecular weight excluding hydrogens is 428 g/mol. The lowest BCUT2D eigenvalue weighted by atomic mass is 10.1. The van der Waals surface area contributed by atoms with Crippen LogP contribution in [0, 0.1) is 6.92 Å². The molecule has 0 unspecified atom stereocenters. The third-order valence-corrected chi connectivity index (χ3v) is 5.70. The van der Waals surface area contributed by atoms with Gasteiger partial charge in [0.2, 0.25) is 11.0 Å². The Labute approximate surface area is 197 Å². The van der Waals surface area contributed by atoms with E-state index in [1.165, 1.54) is 11.3 Å². The van der Waals surface area contributed by atoms with Crippen LogP contribution in [0.15, 0.2) is 96.1 Å². The standard InChI is InChI=1S/C27H24N4OS/c1-20-14-16-23(17-15-20)25-26(29-24(32)19-22-11-6-3-7-12-22)33-27(30-25)31-28-18-8-13-21-9-4-2-5-10-21/h2-18H,19H2,1H3,(H,29,32)(H,30,31). The van der Waals surface area contributed by atoms with E-state index in [0.717, 1.165) is 27.9 Å². The molecule has 1 amide bonds. The Balaban J connectivity index is 1.49. The summed E-state index contributed by atoms with van der Waals surface area (Å²) in [4.78, 5) is 17.4. The molecule has 0 aliphatic rings. The molecule has 0 bridgehead atoms. The molecule has 0 fully saturated rings. The fraction of sp³-hybridized carbons (Fsp3) is 0.0741. The summed E-state index contributed by atoms with van der Waals surface area (Å²) in [6, 6.07) is 27.8. The first-order chi connectivity index (χ1) is 16.2. The van der Waals surface area contributed by atoms with Crippen molar-refractivity contribution in [2.45, 2.75) is 13.3 Å². The van der Waals surface area contributed by atoms with Gasteiger partial charge in [-0.3, -0.25) is 10.2 Å². The molecule has 5 nitrogen and oxygen atoms in total. The van der Waals surface area contributed by atoms with Crippen molar-refractivity contribution in [2.75, 3.05) is 10.7 Å². The number of hydrazone groups is 1. The van der Waals surface area contributed by atoms with Crippen LogP contribution in [0.1, 0.15) is 16.7 Å². The van der Waals surface area contributed by atoms with E-state index in [1.807, 2.05) is 104 Å². The van der Waals surface area contributed by atoms with Gasteiger partial charge in [-0.05, 0) is 24.1 Å². The van der Waals surface area contributed by atoms with Crippen LogP contribution in [0.3, 0.4) is 0 Å². The number of allylic oxidation sites excluding steroid dienone is 1. The zero-order chi connectivity index (χ0) is 22.9. The molecule has 33 heavy (non-hydrogen) atoms. The summed E-state index contributed by atoms with van der Waals surface area (Å²) in [5.41, 5.74) is 7.86. The van der Waals surface area contributed by atoms with Crippen molar-refractivity contribution in [2.24, 2.45) is 5.10 Å². The maximum atomic E-state index is 12.7. The van der Waals surface area contributed by atoms with Gasteiger partial charge in [0.05, 0.1) is 6.42 Å². The molecule has 4 aromatic rings. The lowest BCUT2D eigenvalue weighted by Gasteiger charge is -2.06. The molecule has 0 saturated heterocycles. The Morgan fingerprint density at radius 2 is 1.67 bits per heavy atom. The Hall–Kier alpha value is -4.03. The van der Waals surface area contributed by atoms with Gasteiger partial charge in [-0.2, -0.15) is 5.10 Å². The number of aryl methyl sites for hydroxylation is 1. The number of hydrogen-bond acceptors (Lipinski definition) is 5. The van der Waals surface area contributed by atoms with Gasteiger partial charge in [0.1, 0.15) is 10.7 Å². The molecule has 2 N–H and O–H groups in total. The number of carbonyl (C=O) groups is 1. The number of thiazole rings is 1. The number of carbonyl (C=O) groups excluding carboxylic acids is 1. The summed E-state index contributed by atoms with van der Waals surface area (Å²) in [6.45, 7) is 2.04. The van der Waals surface area contributed by atoms with Crippen molar-refractivity contribution in [3.05, 3.63) is 108 Å². The van der Waals surface area contributed by atoms with E-state index in [-0.39, 0.29) is 5.91 Å². The predicted octanol–water partition coefficient (Wildman–Crippen LogP) is 6.41. The Kier molecular flexibility index (Phi) is 7.40. The zero-order valence-electron chi connectivity index (χ0n) is 18.2. The molecule has 0 aliphatic carbocycles. The number of amides is 1. The topological polar surface area (TPSA) is 66.4 Å². The molecule has 164 valence electrons. The fourth-order valence-electron chi connectivity index (χ4n) is 3.17. The van der Waals surface area contributed by atoms with Gasteiger partial charge in [0, 0.05) is 11.8 Å². The Morgan fingerprint density at radius 1 is 0.970 bits per heavy atom. The zero-order valence-corrected chi connectivity index (χ0v) is 19.0. The first-order valence-electron chi connectivity index (χ1n) is 10.6. The van der Waals surface area contributed by atoms with Crippen molar-refractivity contribution >= 4 is 39.7 Å². The molecular formula is C27H24N4OS. The molecule has 1 aromatic heterocycles. The van der Waals surface area contributed by atoms with Crippen LogP contribution >= 0.6 is 11.3 Å². The molecule has 0 saturated carbocycles. The van der Waals surface area contributed by atoms with Crippen molar-refractivity contribution < 1.29 is 4.79 Å². The highest BCUT2D eigenvalue weighted by molar-refractivity contribution is 7.20. The van der Waals surface area contributed by atoms with Gasteiger partial charge in [0.25, 0.3) is 0 Å². The van der Waals surface area contributed by atoms with Gasteiger partial charge in [-0.1, -0.05) is 108 Å². The summed E-state index contributed by atoms with van der Waals surface area (Å²) in [7, 11) is 0. The number of benzene rings is 3. The molecule has 1 heterocycles. The van der Waals surface area contributed by atoms with Crippen LogP contribution in [-0.4, -0.2) is 17.1 Å². The SMILES string of the molecule is Cc1ccc(-c2nc(NN=CC=Cc3ccccc3)sc2NC(=O)Cc2ccccc2)cc1. The highest BCUT2D eigenvalue weighted by atomic mass is 32.1. The van der Waals surface area contributed by atoms with Crippen molar-refractivity contribution in [3.63, 3.8) is 0 Å². The fourth-order valence-corrected chi connectivity index (χ4v) is 4.02. The van der Waals surface area contributed by atoms with Crippen LogP contribution in [0.4, 0.5) is 10.1 Å². The smallest absolute Gasteiger partial charge is 0.229 e. The van der Waals surface area contributed by atoms with Crippen LogP contribution in [-0.2, 0) is 11.2 Å². The summed E-state index contributed by atoms with van der Waals surface area (Å²) in [6.07, 6.45) is 5.81. The number of aromatic nitrogens is 1. The molecule has 3 aromatic carbocycles. The highest BCUT2D eigenvalue weighted by Crippen LogP contribution is 2.36. The normalized spacial score (nSPS) is 11.2. The highest BCUT2D eigenvalue weighted by Gasteiger charge is 2.16. The first-order valence-corrected chi connectivity index (χ1v) is 11.4. The van der Waals surface area contributed by atoms with Crippen molar-refractivity contribution in [1.29, 1.82) is 0 Å². The summed E-state index contributed by atoms with van der Waals surface area (Å²) in [5.74, 6) is -0.0842. The third-order valence-electron chi connectivity index (χ3n) is 4.82. The average molecular weight is 453 g/mol. The quantitative estimate of drug-likeness (QED) is 0.240. The van der Waals surface area contributed by atoms with Crippen LogP contribution < -0.4 is 10.7 Å². The third kappa shape index (κ3) is 6.48. The number of nitrogens with zero attached hydrogens (tertiary/aromatic N) is 2. The first kappa shape index (κ1) is 22.2. The van der Waals surface area contributed by atoms with E-state index in [9.17, 15) is 4.79 Å². The Morgan fingerprint density at radius 3 is 2.39 bits per heavy atom. The maximum absolute atomic E-state index is 12.7. The second-order valence-electron chi connectivity index (χ2n) is 7.43. The monoisotopic (exact) mass is 452 g/mol. The minimum Gasteiger partial charge on any atom is -0.316 e. The number of rotatable bonds is 8. The number of nitrogens with one attached hydrogen (secondary N) is 2. The molecule has 0 aliphatic heterocycles. The van der Waals surface area contributed by atoms with Gasteiger partial charge >= 0.3 is 0 Å². The molecule has 0 atom stereocenters. The second kappa shape index (κ2) is 11.0. The lowest BCUT2D eigenvalue weighted by molar-refractivity contribution is -0.115. The summed E-state index contributed by atoms with van der Waals surface area (Å²) >= 11 is 1.36.